The van der Waals surface area contributed by atoms with Crippen LogP contribution >= 0.6 is 0 Å². The first-order chi connectivity index (χ1) is 12.8. The summed E-state index contributed by atoms with van der Waals surface area (Å²) in [6, 6.07) is 0.151. The van der Waals surface area contributed by atoms with Crippen LogP contribution in [-0.2, 0) is 0 Å². The molecule has 0 aliphatic rings. The van der Waals surface area contributed by atoms with Crippen LogP contribution in [0.3, 0.4) is 0 Å². The van der Waals surface area contributed by atoms with Crippen LogP contribution in [0.25, 0.3) is 0 Å². The number of hydrogen-bond donors (Lipinski definition) is 3. The van der Waals surface area contributed by atoms with Crippen LogP contribution in [0.15, 0.2) is 0 Å². The smallest absolute Gasteiger partial charge is 0.0445 e. The Morgan fingerprint density at radius 3 is 1.39 bits per heavy atom. The number of aliphatic hydroxyl groups excluding tert-OH is 1. The summed E-state index contributed by atoms with van der Waals surface area (Å²) >= 11 is 0. The Balaban J connectivity index is -0.00000312. The van der Waals surface area contributed by atoms with E-state index in [0.717, 1.165) is 25.9 Å². The predicted molar refractivity (Wildman–Crippen MR) is 122 cm³/mol. The lowest BCUT2D eigenvalue weighted by molar-refractivity contribution is 0.272. The van der Waals surface area contributed by atoms with E-state index in [1.54, 1.807) is 0 Å². The Bertz CT molecular complexity index is 259. The van der Waals surface area contributed by atoms with E-state index in [0.29, 0.717) is 0 Å². The molecule has 0 fully saturated rings. The molecule has 0 heterocycles. The molecule has 0 spiro atoms. The van der Waals surface area contributed by atoms with E-state index in [-0.39, 0.29) is 22.1 Å². The van der Waals surface area contributed by atoms with Crippen molar-refractivity contribution in [2.24, 2.45) is 5.73 Å². The van der Waals surface area contributed by atoms with E-state index in [2.05, 4.69) is 12.2 Å². The van der Waals surface area contributed by atoms with Crippen LogP contribution in [0.4, 0.5) is 9.41 Å². The molecule has 0 rings (SSSR count). The van der Waals surface area contributed by atoms with Gasteiger partial charge in [-0.15, -0.1) is 0 Å². The van der Waals surface area contributed by atoms with Crippen LogP contribution in [-0.4, -0.2) is 30.8 Å². The summed E-state index contributed by atoms with van der Waals surface area (Å²) in [7, 11) is 0. The maximum Gasteiger partial charge on any atom is 0.0445 e. The highest BCUT2D eigenvalue weighted by Crippen LogP contribution is 2.13. The fraction of sp³-hybridized carbons (Fsp3) is 1.00. The zero-order valence-corrected chi connectivity index (χ0v) is 18.8. The quantitative estimate of drug-likeness (QED) is 0.185. The van der Waals surface area contributed by atoms with Crippen molar-refractivity contribution >= 4 is 0 Å². The minimum Gasteiger partial charge on any atom is -0.396 e. The number of rotatable bonds is 22. The lowest BCUT2D eigenvalue weighted by Crippen LogP contribution is -2.27. The van der Waals surface area contributed by atoms with Gasteiger partial charge in [-0.25, -0.2) is 0 Å². The zero-order chi connectivity index (χ0) is 19.1. The molecule has 0 amide bonds. The number of nitrogens with one attached hydrogen (secondary N) is 1. The average molecular weight is 411 g/mol. The van der Waals surface area contributed by atoms with Gasteiger partial charge in [-0.2, -0.15) is 0 Å². The zero-order valence-electron chi connectivity index (χ0n) is 18.8. The van der Waals surface area contributed by atoms with E-state index in [4.69, 9.17) is 10.8 Å². The van der Waals surface area contributed by atoms with Gasteiger partial charge in [0.2, 0.25) is 0 Å². The number of hydrogen-bond acceptors (Lipinski definition) is 3. The SMILES string of the molecule is CCCCCCCCCCCCCCCCCCNCCC(N)CCO.F.F. The Kier molecular flexibility index (Phi) is 33.5. The highest BCUT2D eigenvalue weighted by atomic mass is 19.0. The van der Waals surface area contributed by atoms with Crippen molar-refractivity contribution in [2.75, 3.05) is 19.7 Å². The molecule has 28 heavy (non-hydrogen) atoms. The molecule has 1 atom stereocenters. The topological polar surface area (TPSA) is 58.3 Å². The van der Waals surface area contributed by atoms with Gasteiger partial charge in [-0.3, -0.25) is 9.41 Å². The van der Waals surface area contributed by atoms with E-state index in [1.807, 2.05) is 0 Å². The van der Waals surface area contributed by atoms with Gasteiger partial charge in [0.05, 0.1) is 0 Å². The van der Waals surface area contributed by atoms with Crippen LogP contribution in [0, 0.1) is 0 Å². The summed E-state index contributed by atoms with van der Waals surface area (Å²) in [5.41, 5.74) is 5.86. The molecule has 0 radical (unpaired) electrons. The molecule has 0 aromatic rings. The van der Waals surface area contributed by atoms with Crippen molar-refractivity contribution in [2.45, 2.75) is 129 Å². The lowest BCUT2D eigenvalue weighted by atomic mass is 10.0. The van der Waals surface area contributed by atoms with Gasteiger partial charge in [-0.05, 0) is 32.4 Å². The monoisotopic (exact) mass is 410 g/mol. The summed E-state index contributed by atoms with van der Waals surface area (Å²) in [6.45, 7) is 4.60. The average Bonchev–Trinajstić information content (AvgIpc) is 2.64. The molecule has 1 unspecified atom stereocenters. The number of halogens is 2. The van der Waals surface area contributed by atoms with Crippen LogP contribution in [0.2, 0.25) is 0 Å². The molecule has 0 aromatic carbocycles. The molecule has 0 aromatic heterocycles. The van der Waals surface area contributed by atoms with Gasteiger partial charge in [0.1, 0.15) is 0 Å². The van der Waals surface area contributed by atoms with Crippen LogP contribution in [0.5, 0.6) is 0 Å². The molecule has 0 saturated carbocycles. The van der Waals surface area contributed by atoms with Gasteiger partial charge in [-0.1, -0.05) is 103 Å². The lowest BCUT2D eigenvalue weighted by Gasteiger charge is -2.10. The van der Waals surface area contributed by atoms with Crippen molar-refractivity contribution in [1.82, 2.24) is 5.32 Å². The predicted octanol–water partition coefficient (Wildman–Crippen LogP) is 6.24. The maximum absolute atomic E-state index is 8.79. The second-order valence-electron chi connectivity index (χ2n) is 8.11. The normalized spacial score (nSPS) is 11.7. The Labute approximate surface area is 174 Å². The Hall–Kier alpha value is -0.260. The Morgan fingerprint density at radius 2 is 1.00 bits per heavy atom. The highest BCUT2D eigenvalue weighted by molar-refractivity contribution is 4.62. The van der Waals surface area contributed by atoms with Gasteiger partial charge in [0.15, 0.2) is 0 Å². The minimum absolute atomic E-state index is 0. The summed E-state index contributed by atoms with van der Waals surface area (Å²) in [5, 5.41) is 12.3. The van der Waals surface area contributed by atoms with E-state index in [1.165, 1.54) is 103 Å². The number of unbranched alkanes of at least 4 members (excludes halogenated alkanes) is 15. The largest absolute Gasteiger partial charge is 0.396 e. The van der Waals surface area contributed by atoms with Gasteiger partial charge < -0.3 is 16.2 Å². The first-order valence-corrected chi connectivity index (χ1v) is 11.9. The highest BCUT2D eigenvalue weighted by Gasteiger charge is 2.00. The van der Waals surface area contributed by atoms with E-state index >= 15 is 0 Å². The molecule has 5 heteroatoms. The summed E-state index contributed by atoms with van der Waals surface area (Å²) < 4.78 is 0. The molecule has 0 saturated heterocycles. The van der Waals surface area contributed by atoms with Crippen molar-refractivity contribution in [1.29, 1.82) is 0 Å². The van der Waals surface area contributed by atoms with E-state index < -0.39 is 0 Å². The Morgan fingerprint density at radius 1 is 0.607 bits per heavy atom. The molecule has 0 aliphatic heterocycles. The molecular weight excluding hydrogens is 358 g/mol. The van der Waals surface area contributed by atoms with Crippen LogP contribution < -0.4 is 11.1 Å². The van der Waals surface area contributed by atoms with Gasteiger partial charge in [0.25, 0.3) is 0 Å². The molecular formula is C23H52F2N2O. The standard InChI is InChI=1S/C23H50N2O.2FH/c1-2-3-4-5-6-7-8-9-10-11-12-13-14-15-16-17-20-25-21-18-23(24)19-22-26;;/h23,25-26H,2-22,24H2,1H3;2*1H. The van der Waals surface area contributed by atoms with Crippen molar-refractivity contribution in [3.8, 4) is 0 Å². The molecule has 0 bridgehead atoms. The molecule has 3 nitrogen and oxygen atoms in total. The first-order valence-electron chi connectivity index (χ1n) is 11.9. The summed E-state index contributed by atoms with van der Waals surface area (Å²) in [5.74, 6) is 0. The van der Waals surface area contributed by atoms with E-state index in [9.17, 15) is 0 Å². The maximum atomic E-state index is 8.79. The molecule has 0 aliphatic carbocycles. The number of aliphatic hydroxyl groups is 1. The first kappa shape index (κ1) is 32.4. The fourth-order valence-corrected chi connectivity index (χ4v) is 3.52. The second kappa shape index (κ2) is 28.9. The molecule has 4 N–H and O–H groups in total. The number of nitrogens with two attached hydrogens (primary N) is 1. The third-order valence-electron chi connectivity index (χ3n) is 5.40. The molecule has 174 valence electrons. The fourth-order valence-electron chi connectivity index (χ4n) is 3.52. The third kappa shape index (κ3) is 28.0. The summed E-state index contributed by atoms with van der Waals surface area (Å²) in [4.78, 5) is 0. The van der Waals surface area contributed by atoms with Crippen LogP contribution in [0.1, 0.15) is 122 Å². The second-order valence-corrected chi connectivity index (χ2v) is 8.11. The minimum atomic E-state index is 0. The van der Waals surface area contributed by atoms with Gasteiger partial charge in [0, 0.05) is 12.6 Å². The van der Waals surface area contributed by atoms with Crippen molar-refractivity contribution < 1.29 is 14.5 Å². The van der Waals surface area contributed by atoms with Crippen molar-refractivity contribution in [3.05, 3.63) is 0 Å². The van der Waals surface area contributed by atoms with Gasteiger partial charge >= 0.3 is 0 Å². The summed E-state index contributed by atoms with van der Waals surface area (Å²) in [6.07, 6.45) is 24.5. The van der Waals surface area contributed by atoms with Crippen molar-refractivity contribution in [3.63, 3.8) is 0 Å². The third-order valence-corrected chi connectivity index (χ3v) is 5.40.